The van der Waals surface area contributed by atoms with Crippen LogP contribution >= 0.6 is 24.0 Å². The topological polar surface area (TPSA) is 63.2 Å². The molecule has 1 amide bonds. The third kappa shape index (κ3) is 8.10. The number of aliphatic imine (C=N–C) groups is 1. The van der Waals surface area contributed by atoms with E-state index in [2.05, 4.69) is 70.5 Å². The standard InChI is InChI=1S/C24H40N6O.HI/c1-4-25-24(27-21-11-14-28(15-12-21)20(2)3)26-13-10-23(31)30-18-16-29(17-19-30)22-8-6-5-7-9-22;/h5-9,20-21H,4,10-19H2,1-3H3,(H2,25,26,27);1H. The van der Waals surface area contributed by atoms with Crippen molar-refractivity contribution in [2.45, 2.75) is 52.1 Å². The number of amides is 1. The summed E-state index contributed by atoms with van der Waals surface area (Å²) in [6.45, 7) is 13.5. The van der Waals surface area contributed by atoms with Crippen LogP contribution in [-0.4, -0.2) is 86.1 Å². The number of hydrogen-bond acceptors (Lipinski definition) is 4. The molecule has 2 aliphatic heterocycles. The SMILES string of the molecule is CCNC(=NCCC(=O)N1CCN(c2ccccc2)CC1)NC1CCN(C(C)C)CC1.I. The number of benzene rings is 1. The maximum atomic E-state index is 12.7. The van der Waals surface area contributed by atoms with E-state index in [1.165, 1.54) is 5.69 Å². The Hall–Kier alpha value is -1.55. The zero-order valence-electron chi connectivity index (χ0n) is 19.9. The zero-order chi connectivity index (χ0) is 22.1. The molecule has 2 fully saturated rings. The molecule has 2 aliphatic rings. The highest BCUT2D eigenvalue weighted by Crippen LogP contribution is 2.16. The monoisotopic (exact) mass is 556 g/mol. The number of piperazine rings is 1. The lowest BCUT2D eigenvalue weighted by Gasteiger charge is -2.36. The molecule has 3 rings (SSSR count). The van der Waals surface area contributed by atoms with Gasteiger partial charge in [-0.2, -0.15) is 0 Å². The van der Waals surface area contributed by atoms with Gasteiger partial charge in [-0.05, 0) is 45.7 Å². The van der Waals surface area contributed by atoms with E-state index < -0.39 is 0 Å². The Balaban J connectivity index is 0.00000363. The van der Waals surface area contributed by atoms with Crippen molar-refractivity contribution in [2.24, 2.45) is 4.99 Å². The first-order chi connectivity index (χ1) is 15.1. The van der Waals surface area contributed by atoms with Crippen LogP contribution in [0.1, 0.15) is 40.0 Å². The minimum atomic E-state index is 0. The number of guanidine groups is 1. The van der Waals surface area contributed by atoms with Gasteiger partial charge >= 0.3 is 0 Å². The van der Waals surface area contributed by atoms with Gasteiger partial charge in [0.05, 0.1) is 6.54 Å². The summed E-state index contributed by atoms with van der Waals surface area (Å²) < 4.78 is 0. The van der Waals surface area contributed by atoms with Gasteiger partial charge in [0.15, 0.2) is 5.96 Å². The highest BCUT2D eigenvalue weighted by atomic mass is 127. The van der Waals surface area contributed by atoms with E-state index in [0.717, 1.165) is 64.6 Å². The van der Waals surface area contributed by atoms with Crippen molar-refractivity contribution in [1.82, 2.24) is 20.4 Å². The van der Waals surface area contributed by atoms with Crippen molar-refractivity contribution in [1.29, 1.82) is 0 Å². The molecule has 0 atom stereocenters. The quantitative estimate of drug-likeness (QED) is 0.308. The Morgan fingerprint density at radius 1 is 1.06 bits per heavy atom. The lowest BCUT2D eigenvalue weighted by atomic mass is 10.0. The molecule has 2 saturated heterocycles. The number of carbonyl (C=O) groups is 1. The molecule has 1 aromatic carbocycles. The molecule has 2 N–H and O–H groups in total. The minimum absolute atomic E-state index is 0. The van der Waals surface area contributed by atoms with Crippen LogP contribution in [-0.2, 0) is 4.79 Å². The van der Waals surface area contributed by atoms with Gasteiger partial charge in [0.1, 0.15) is 0 Å². The van der Waals surface area contributed by atoms with E-state index >= 15 is 0 Å². The number of nitrogens with zero attached hydrogens (tertiary/aromatic N) is 4. The maximum Gasteiger partial charge on any atom is 0.224 e. The van der Waals surface area contributed by atoms with Crippen molar-refractivity contribution in [3.63, 3.8) is 0 Å². The van der Waals surface area contributed by atoms with Crippen LogP contribution in [0.25, 0.3) is 0 Å². The predicted molar refractivity (Wildman–Crippen MR) is 144 cm³/mol. The average molecular weight is 557 g/mol. The summed E-state index contributed by atoms with van der Waals surface area (Å²) in [5.74, 6) is 1.05. The molecule has 1 aromatic rings. The molecule has 180 valence electrons. The van der Waals surface area contributed by atoms with Gasteiger partial charge in [0, 0.05) is 70.0 Å². The first-order valence-electron chi connectivity index (χ1n) is 11.9. The number of halogens is 1. The second-order valence-corrected chi connectivity index (χ2v) is 8.76. The van der Waals surface area contributed by atoms with E-state index in [1.807, 2.05) is 11.0 Å². The van der Waals surface area contributed by atoms with Crippen molar-refractivity contribution >= 4 is 41.5 Å². The van der Waals surface area contributed by atoms with Crippen molar-refractivity contribution in [2.75, 3.05) is 57.3 Å². The van der Waals surface area contributed by atoms with Gasteiger partial charge in [-0.3, -0.25) is 9.79 Å². The van der Waals surface area contributed by atoms with Crippen LogP contribution in [0.15, 0.2) is 35.3 Å². The molecule has 0 spiro atoms. The van der Waals surface area contributed by atoms with Gasteiger partial charge in [0.2, 0.25) is 5.91 Å². The van der Waals surface area contributed by atoms with Crippen LogP contribution in [0.4, 0.5) is 5.69 Å². The van der Waals surface area contributed by atoms with Gasteiger partial charge < -0.3 is 25.3 Å². The molecule has 0 radical (unpaired) electrons. The second kappa shape index (κ2) is 13.9. The molecular formula is C24H41IN6O. The molecule has 0 unspecified atom stereocenters. The molecular weight excluding hydrogens is 515 g/mol. The number of hydrogen-bond donors (Lipinski definition) is 2. The third-order valence-electron chi connectivity index (χ3n) is 6.29. The van der Waals surface area contributed by atoms with E-state index in [-0.39, 0.29) is 29.9 Å². The Kier molecular flexibility index (Phi) is 11.6. The van der Waals surface area contributed by atoms with Crippen LogP contribution in [0.2, 0.25) is 0 Å². The summed E-state index contributed by atoms with van der Waals surface area (Å²) in [6.07, 6.45) is 2.73. The third-order valence-corrected chi connectivity index (χ3v) is 6.29. The summed E-state index contributed by atoms with van der Waals surface area (Å²) >= 11 is 0. The number of anilines is 1. The van der Waals surface area contributed by atoms with Gasteiger partial charge in [-0.1, -0.05) is 18.2 Å². The highest BCUT2D eigenvalue weighted by molar-refractivity contribution is 14.0. The fourth-order valence-corrected chi connectivity index (χ4v) is 4.35. The molecule has 7 nitrogen and oxygen atoms in total. The number of carbonyl (C=O) groups excluding carboxylic acids is 1. The van der Waals surface area contributed by atoms with E-state index in [0.29, 0.717) is 25.0 Å². The molecule has 0 aromatic heterocycles. The fraction of sp³-hybridized carbons (Fsp3) is 0.667. The van der Waals surface area contributed by atoms with Crippen molar-refractivity contribution < 1.29 is 4.79 Å². The fourth-order valence-electron chi connectivity index (χ4n) is 4.35. The summed E-state index contributed by atoms with van der Waals surface area (Å²) in [7, 11) is 0. The smallest absolute Gasteiger partial charge is 0.224 e. The van der Waals surface area contributed by atoms with Crippen molar-refractivity contribution in [3.8, 4) is 0 Å². The molecule has 2 heterocycles. The van der Waals surface area contributed by atoms with E-state index in [9.17, 15) is 4.79 Å². The molecule has 0 saturated carbocycles. The number of likely N-dealkylation sites (tertiary alicyclic amines) is 1. The Bertz CT molecular complexity index is 698. The van der Waals surface area contributed by atoms with E-state index in [1.54, 1.807) is 0 Å². The van der Waals surface area contributed by atoms with Crippen LogP contribution < -0.4 is 15.5 Å². The second-order valence-electron chi connectivity index (χ2n) is 8.76. The van der Waals surface area contributed by atoms with Gasteiger partial charge in [-0.25, -0.2) is 0 Å². The Morgan fingerprint density at radius 3 is 2.31 bits per heavy atom. The summed E-state index contributed by atoms with van der Waals surface area (Å²) in [4.78, 5) is 24.2. The first kappa shape index (κ1) is 26.7. The van der Waals surface area contributed by atoms with Crippen LogP contribution in [0.3, 0.4) is 0 Å². The molecule has 8 heteroatoms. The zero-order valence-corrected chi connectivity index (χ0v) is 22.3. The lowest BCUT2D eigenvalue weighted by Crippen LogP contribution is -2.50. The number of piperidine rings is 1. The maximum absolute atomic E-state index is 12.7. The average Bonchev–Trinajstić information content (AvgIpc) is 2.80. The summed E-state index contributed by atoms with van der Waals surface area (Å²) in [6, 6.07) is 11.5. The predicted octanol–water partition coefficient (Wildman–Crippen LogP) is 2.77. The van der Waals surface area contributed by atoms with Gasteiger partial charge in [-0.15, -0.1) is 24.0 Å². The van der Waals surface area contributed by atoms with E-state index in [4.69, 9.17) is 0 Å². The largest absolute Gasteiger partial charge is 0.368 e. The minimum Gasteiger partial charge on any atom is -0.368 e. The molecule has 32 heavy (non-hydrogen) atoms. The molecule has 0 aliphatic carbocycles. The first-order valence-corrected chi connectivity index (χ1v) is 11.9. The Morgan fingerprint density at radius 2 is 1.72 bits per heavy atom. The normalized spacial score (nSPS) is 18.4. The number of para-hydroxylation sites is 1. The Labute approximate surface area is 211 Å². The van der Waals surface area contributed by atoms with Crippen LogP contribution in [0, 0.1) is 0 Å². The van der Waals surface area contributed by atoms with Gasteiger partial charge in [0.25, 0.3) is 0 Å². The molecule has 0 bridgehead atoms. The lowest BCUT2D eigenvalue weighted by molar-refractivity contribution is -0.131. The van der Waals surface area contributed by atoms with Crippen molar-refractivity contribution in [3.05, 3.63) is 30.3 Å². The summed E-state index contributed by atoms with van der Waals surface area (Å²) in [5.41, 5.74) is 1.24. The number of nitrogens with one attached hydrogen (secondary N) is 2. The number of rotatable bonds is 7. The highest BCUT2D eigenvalue weighted by Gasteiger charge is 2.22. The van der Waals surface area contributed by atoms with Crippen LogP contribution in [0.5, 0.6) is 0 Å². The summed E-state index contributed by atoms with van der Waals surface area (Å²) in [5, 5.41) is 6.91.